The molecule has 110 valence electrons. The van der Waals surface area contributed by atoms with Crippen LogP contribution in [0.25, 0.3) is 0 Å². The number of hydrogen-bond acceptors (Lipinski definition) is 7. The zero-order chi connectivity index (χ0) is 14.1. The van der Waals surface area contributed by atoms with Crippen molar-refractivity contribution < 1.29 is 9.47 Å². The SMILES string of the molecule is CCNc1nnc(CN(CCOC)C(C)COC)s1. The minimum atomic E-state index is 0.326. The zero-order valence-electron chi connectivity index (χ0n) is 12.2. The zero-order valence-corrected chi connectivity index (χ0v) is 13.0. The quantitative estimate of drug-likeness (QED) is 0.703. The van der Waals surface area contributed by atoms with Crippen molar-refractivity contribution in [2.45, 2.75) is 26.4 Å². The van der Waals surface area contributed by atoms with Crippen LogP contribution in [0.2, 0.25) is 0 Å². The van der Waals surface area contributed by atoms with Gasteiger partial charge < -0.3 is 14.8 Å². The van der Waals surface area contributed by atoms with Crippen LogP contribution in [-0.4, -0.2) is 61.7 Å². The topological polar surface area (TPSA) is 59.5 Å². The summed E-state index contributed by atoms with van der Waals surface area (Å²) >= 11 is 1.60. The first-order valence-corrected chi connectivity index (χ1v) is 7.31. The molecule has 7 heteroatoms. The monoisotopic (exact) mass is 288 g/mol. The van der Waals surface area contributed by atoms with Crippen LogP contribution in [0, 0.1) is 0 Å². The van der Waals surface area contributed by atoms with Crippen LogP contribution in [0.1, 0.15) is 18.9 Å². The van der Waals surface area contributed by atoms with Crippen molar-refractivity contribution in [3.63, 3.8) is 0 Å². The lowest BCUT2D eigenvalue weighted by molar-refractivity contribution is 0.0703. The molecule has 1 unspecified atom stereocenters. The van der Waals surface area contributed by atoms with E-state index in [0.29, 0.717) is 19.3 Å². The molecule has 0 radical (unpaired) electrons. The molecule has 1 heterocycles. The van der Waals surface area contributed by atoms with Crippen molar-refractivity contribution in [2.24, 2.45) is 0 Å². The molecule has 6 nitrogen and oxygen atoms in total. The fraction of sp³-hybridized carbons (Fsp3) is 0.833. The summed E-state index contributed by atoms with van der Waals surface area (Å²) in [5.74, 6) is 0. The number of hydrogen-bond donors (Lipinski definition) is 1. The molecule has 0 saturated heterocycles. The van der Waals surface area contributed by atoms with Gasteiger partial charge in [0, 0.05) is 33.4 Å². The van der Waals surface area contributed by atoms with E-state index in [1.165, 1.54) is 0 Å². The fourth-order valence-electron chi connectivity index (χ4n) is 1.72. The van der Waals surface area contributed by atoms with E-state index in [1.807, 2.05) is 6.92 Å². The number of aromatic nitrogens is 2. The van der Waals surface area contributed by atoms with E-state index in [0.717, 1.165) is 29.8 Å². The van der Waals surface area contributed by atoms with Gasteiger partial charge >= 0.3 is 0 Å². The van der Waals surface area contributed by atoms with Gasteiger partial charge in [-0.1, -0.05) is 11.3 Å². The van der Waals surface area contributed by atoms with Crippen LogP contribution in [0.5, 0.6) is 0 Å². The van der Waals surface area contributed by atoms with Gasteiger partial charge in [0.1, 0.15) is 5.01 Å². The van der Waals surface area contributed by atoms with E-state index >= 15 is 0 Å². The predicted octanol–water partition coefficient (Wildman–Crippen LogP) is 1.45. The van der Waals surface area contributed by atoms with E-state index in [-0.39, 0.29) is 0 Å². The molecule has 0 aromatic carbocycles. The second kappa shape index (κ2) is 9.19. The third-order valence-corrected chi connectivity index (χ3v) is 3.61. The standard InChI is InChI=1S/C12H24N4O2S/c1-5-13-12-15-14-11(19-12)8-16(6-7-17-3)10(2)9-18-4/h10H,5-9H2,1-4H3,(H,13,15). The molecule has 0 bridgehead atoms. The molecule has 1 aromatic heterocycles. The van der Waals surface area contributed by atoms with E-state index < -0.39 is 0 Å². The summed E-state index contributed by atoms with van der Waals surface area (Å²) in [4.78, 5) is 2.29. The fourth-order valence-corrected chi connectivity index (χ4v) is 2.56. The molecule has 1 rings (SSSR count). The molecule has 0 aliphatic heterocycles. The Labute approximate surface area is 119 Å². The summed E-state index contributed by atoms with van der Waals surface area (Å²) in [5.41, 5.74) is 0. The van der Waals surface area contributed by atoms with Crippen LogP contribution in [0.3, 0.4) is 0 Å². The predicted molar refractivity (Wildman–Crippen MR) is 77.7 cm³/mol. The maximum absolute atomic E-state index is 5.22. The molecule has 0 saturated carbocycles. The Bertz CT molecular complexity index is 348. The first-order chi connectivity index (χ1) is 9.21. The molecule has 0 aliphatic carbocycles. The van der Waals surface area contributed by atoms with Crippen LogP contribution in [0.15, 0.2) is 0 Å². The Morgan fingerprint density at radius 3 is 2.74 bits per heavy atom. The van der Waals surface area contributed by atoms with Crippen molar-refractivity contribution in [3.05, 3.63) is 5.01 Å². The molecular weight excluding hydrogens is 264 g/mol. The Kier molecular flexibility index (Phi) is 7.88. The molecule has 0 spiro atoms. The lowest BCUT2D eigenvalue weighted by Gasteiger charge is -2.27. The number of methoxy groups -OCH3 is 2. The average Bonchev–Trinajstić information content (AvgIpc) is 2.82. The largest absolute Gasteiger partial charge is 0.383 e. The Balaban J connectivity index is 2.58. The van der Waals surface area contributed by atoms with Gasteiger partial charge in [-0.25, -0.2) is 0 Å². The lowest BCUT2D eigenvalue weighted by atomic mass is 10.3. The minimum absolute atomic E-state index is 0.326. The number of ether oxygens (including phenoxy) is 2. The van der Waals surface area contributed by atoms with Crippen molar-refractivity contribution >= 4 is 16.5 Å². The molecule has 1 N–H and O–H groups in total. The highest BCUT2D eigenvalue weighted by Gasteiger charge is 2.16. The smallest absolute Gasteiger partial charge is 0.205 e. The first-order valence-electron chi connectivity index (χ1n) is 6.49. The Morgan fingerprint density at radius 2 is 2.11 bits per heavy atom. The third-order valence-electron chi connectivity index (χ3n) is 2.75. The highest BCUT2D eigenvalue weighted by Crippen LogP contribution is 2.17. The van der Waals surface area contributed by atoms with Crippen molar-refractivity contribution in [1.82, 2.24) is 15.1 Å². The van der Waals surface area contributed by atoms with Crippen LogP contribution >= 0.6 is 11.3 Å². The Hall–Kier alpha value is -0.760. The van der Waals surface area contributed by atoms with Gasteiger partial charge in [-0.15, -0.1) is 10.2 Å². The number of anilines is 1. The van der Waals surface area contributed by atoms with Gasteiger partial charge in [0.05, 0.1) is 19.8 Å². The lowest BCUT2D eigenvalue weighted by Crippen LogP contribution is -2.38. The average molecular weight is 288 g/mol. The second-order valence-corrected chi connectivity index (χ2v) is 5.36. The van der Waals surface area contributed by atoms with Crippen molar-refractivity contribution in [1.29, 1.82) is 0 Å². The summed E-state index contributed by atoms with van der Waals surface area (Å²) in [6, 6.07) is 0.326. The normalized spacial score (nSPS) is 12.9. The minimum Gasteiger partial charge on any atom is -0.383 e. The van der Waals surface area contributed by atoms with Gasteiger partial charge in [0.2, 0.25) is 5.13 Å². The molecule has 19 heavy (non-hydrogen) atoms. The third kappa shape index (κ3) is 5.82. The maximum atomic E-state index is 5.22. The first kappa shape index (κ1) is 16.3. The molecule has 1 aromatic rings. The number of rotatable bonds is 10. The van der Waals surface area contributed by atoms with Crippen LogP contribution in [-0.2, 0) is 16.0 Å². The molecule has 0 amide bonds. The molecular formula is C12H24N4O2S. The molecule has 0 aliphatic rings. The van der Waals surface area contributed by atoms with Crippen LogP contribution < -0.4 is 5.32 Å². The number of nitrogens with zero attached hydrogens (tertiary/aromatic N) is 3. The molecule has 1 atom stereocenters. The van der Waals surface area contributed by atoms with Gasteiger partial charge in [-0.2, -0.15) is 0 Å². The van der Waals surface area contributed by atoms with E-state index in [1.54, 1.807) is 25.6 Å². The summed E-state index contributed by atoms with van der Waals surface area (Å²) < 4.78 is 10.4. The van der Waals surface area contributed by atoms with Gasteiger partial charge in [-0.3, -0.25) is 4.90 Å². The maximum Gasteiger partial charge on any atom is 0.205 e. The highest BCUT2D eigenvalue weighted by atomic mass is 32.1. The van der Waals surface area contributed by atoms with Gasteiger partial charge in [-0.05, 0) is 13.8 Å². The van der Waals surface area contributed by atoms with Crippen molar-refractivity contribution in [3.8, 4) is 0 Å². The van der Waals surface area contributed by atoms with E-state index in [4.69, 9.17) is 9.47 Å². The highest BCUT2D eigenvalue weighted by molar-refractivity contribution is 7.15. The van der Waals surface area contributed by atoms with Gasteiger partial charge in [0.15, 0.2) is 0 Å². The van der Waals surface area contributed by atoms with Crippen molar-refractivity contribution in [2.75, 3.05) is 45.8 Å². The van der Waals surface area contributed by atoms with Gasteiger partial charge in [0.25, 0.3) is 0 Å². The number of nitrogens with one attached hydrogen (secondary N) is 1. The molecule has 0 fully saturated rings. The van der Waals surface area contributed by atoms with Crippen LogP contribution in [0.4, 0.5) is 5.13 Å². The summed E-state index contributed by atoms with van der Waals surface area (Å²) in [5, 5.41) is 13.4. The summed E-state index contributed by atoms with van der Waals surface area (Å²) in [6.07, 6.45) is 0. The second-order valence-electron chi connectivity index (χ2n) is 4.30. The Morgan fingerprint density at radius 1 is 1.32 bits per heavy atom. The summed E-state index contributed by atoms with van der Waals surface area (Å²) in [6.45, 7) is 8.09. The summed E-state index contributed by atoms with van der Waals surface area (Å²) in [7, 11) is 3.44. The van der Waals surface area contributed by atoms with E-state index in [2.05, 4.69) is 27.3 Å². The van der Waals surface area contributed by atoms with E-state index in [9.17, 15) is 0 Å².